The summed E-state index contributed by atoms with van der Waals surface area (Å²) in [5.74, 6) is -0.659. The van der Waals surface area contributed by atoms with Gasteiger partial charge >= 0.3 is 0 Å². The van der Waals surface area contributed by atoms with Gasteiger partial charge in [-0.15, -0.1) is 0 Å². The van der Waals surface area contributed by atoms with Gasteiger partial charge in [0, 0.05) is 5.56 Å². The lowest BCUT2D eigenvalue weighted by molar-refractivity contribution is 0.0998. The van der Waals surface area contributed by atoms with Gasteiger partial charge in [-0.2, -0.15) is 0 Å². The van der Waals surface area contributed by atoms with Crippen LogP contribution in [-0.4, -0.2) is 21.0 Å². The second-order valence-electron chi connectivity index (χ2n) is 4.53. The first-order valence-corrected chi connectivity index (χ1v) is 6.18. The van der Waals surface area contributed by atoms with Crippen molar-refractivity contribution in [2.45, 2.75) is 0 Å². The first-order valence-electron chi connectivity index (χ1n) is 6.18. The summed E-state index contributed by atoms with van der Waals surface area (Å²) in [5.41, 5.74) is 5.93. The molecule has 3 rings (SSSR count). The fraction of sp³-hybridized carbons (Fsp3) is 0. The SMILES string of the molecule is NC(=O)c1cc(-c2nc3ccccc3c(=O)[nH]2)ccc1O. The van der Waals surface area contributed by atoms with Crippen molar-refractivity contribution in [1.29, 1.82) is 0 Å². The highest BCUT2D eigenvalue weighted by molar-refractivity contribution is 5.96. The summed E-state index contributed by atoms with van der Waals surface area (Å²) in [6.07, 6.45) is 0. The highest BCUT2D eigenvalue weighted by Crippen LogP contribution is 2.23. The molecule has 0 radical (unpaired) electrons. The molecule has 0 bridgehead atoms. The monoisotopic (exact) mass is 281 g/mol. The van der Waals surface area contributed by atoms with Gasteiger partial charge in [-0.25, -0.2) is 4.98 Å². The van der Waals surface area contributed by atoms with Gasteiger partial charge in [0.05, 0.1) is 16.5 Å². The largest absolute Gasteiger partial charge is 0.507 e. The number of amides is 1. The van der Waals surface area contributed by atoms with Crippen LogP contribution in [0.4, 0.5) is 0 Å². The maximum atomic E-state index is 12.0. The van der Waals surface area contributed by atoms with Crippen LogP contribution in [-0.2, 0) is 0 Å². The summed E-state index contributed by atoms with van der Waals surface area (Å²) in [7, 11) is 0. The third-order valence-corrected chi connectivity index (χ3v) is 3.15. The van der Waals surface area contributed by atoms with Crippen molar-refractivity contribution in [3.63, 3.8) is 0 Å². The normalized spacial score (nSPS) is 10.7. The summed E-state index contributed by atoms with van der Waals surface area (Å²) < 4.78 is 0. The molecule has 4 N–H and O–H groups in total. The maximum absolute atomic E-state index is 12.0. The predicted molar refractivity (Wildman–Crippen MR) is 78.0 cm³/mol. The van der Waals surface area contributed by atoms with E-state index in [2.05, 4.69) is 9.97 Å². The maximum Gasteiger partial charge on any atom is 0.259 e. The molecule has 2 aromatic carbocycles. The Balaban J connectivity index is 2.23. The van der Waals surface area contributed by atoms with Crippen LogP contribution in [0.3, 0.4) is 0 Å². The Morgan fingerprint density at radius 1 is 1.19 bits per heavy atom. The van der Waals surface area contributed by atoms with Gasteiger partial charge in [-0.3, -0.25) is 9.59 Å². The minimum absolute atomic E-state index is 0.0247. The van der Waals surface area contributed by atoms with Crippen LogP contribution in [0.1, 0.15) is 10.4 Å². The van der Waals surface area contributed by atoms with Crippen molar-refractivity contribution in [2.24, 2.45) is 5.73 Å². The minimum atomic E-state index is -0.752. The number of nitrogens with zero attached hydrogens (tertiary/aromatic N) is 1. The number of benzene rings is 2. The van der Waals surface area contributed by atoms with E-state index < -0.39 is 5.91 Å². The number of nitrogens with one attached hydrogen (secondary N) is 1. The van der Waals surface area contributed by atoms with Gasteiger partial charge in [-0.05, 0) is 30.3 Å². The Morgan fingerprint density at radius 2 is 1.95 bits per heavy atom. The van der Waals surface area contributed by atoms with Gasteiger partial charge in [0.2, 0.25) is 0 Å². The summed E-state index contributed by atoms with van der Waals surface area (Å²) in [6.45, 7) is 0. The number of phenols is 1. The number of H-pyrrole nitrogens is 1. The predicted octanol–water partition coefficient (Wildman–Crippen LogP) is 1.39. The summed E-state index contributed by atoms with van der Waals surface area (Å²) in [4.78, 5) is 30.3. The molecule has 1 amide bonds. The standard InChI is InChI=1S/C15H11N3O3/c16-13(20)10-7-8(5-6-12(10)19)14-17-11-4-2-1-3-9(11)15(21)18-14/h1-7,19H,(H2,16,20)(H,17,18,21). The molecular formula is C15H11N3O3. The minimum Gasteiger partial charge on any atom is -0.507 e. The zero-order chi connectivity index (χ0) is 15.0. The molecular weight excluding hydrogens is 270 g/mol. The molecule has 3 aromatic rings. The summed E-state index contributed by atoms with van der Waals surface area (Å²) in [6, 6.07) is 11.2. The van der Waals surface area contributed by atoms with Crippen LogP contribution in [0.15, 0.2) is 47.3 Å². The van der Waals surface area contributed by atoms with Crippen molar-refractivity contribution in [3.05, 3.63) is 58.4 Å². The third kappa shape index (κ3) is 2.23. The number of aromatic nitrogens is 2. The second-order valence-corrected chi connectivity index (χ2v) is 4.53. The number of hydrogen-bond acceptors (Lipinski definition) is 4. The van der Waals surface area contributed by atoms with E-state index in [0.29, 0.717) is 22.3 Å². The van der Waals surface area contributed by atoms with Crippen LogP contribution in [0, 0.1) is 0 Å². The highest BCUT2D eigenvalue weighted by Gasteiger charge is 2.11. The number of hydrogen-bond donors (Lipinski definition) is 3. The van der Waals surface area contributed by atoms with E-state index in [1.54, 1.807) is 30.3 Å². The van der Waals surface area contributed by atoms with Crippen molar-refractivity contribution < 1.29 is 9.90 Å². The van der Waals surface area contributed by atoms with E-state index in [0.717, 1.165) is 0 Å². The van der Waals surface area contributed by atoms with Crippen molar-refractivity contribution >= 4 is 16.8 Å². The lowest BCUT2D eigenvalue weighted by Crippen LogP contribution is -2.12. The van der Waals surface area contributed by atoms with Crippen LogP contribution in [0.5, 0.6) is 5.75 Å². The number of rotatable bonds is 2. The molecule has 0 saturated heterocycles. The molecule has 0 spiro atoms. The lowest BCUT2D eigenvalue weighted by atomic mass is 10.1. The topological polar surface area (TPSA) is 109 Å². The summed E-state index contributed by atoms with van der Waals surface area (Å²) in [5, 5.41) is 10.1. The van der Waals surface area contributed by atoms with E-state index in [1.807, 2.05) is 0 Å². The highest BCUT2D eigenvalue weighted by atomic mass is 16.3. The average Bonchev–Trinajstić information content (AvgIpc) is 2.47. The van der Waals surface area contributed by atoms with Gasteiger partial charge in [0.1, 0.15) is 11.6 Å². The molecule has 0 aliphatic carbocycles. The number of nitrogens with two attached hydrogens (primary N) is 1. The Kier molecular flexibility index (Phi) is 2.91. The average molecular weight is 281 g/mol. The molecule has 0 aliphatic heterocycles. The molecule has 0 saturated carbocycles. The van der Waals surface area contributed by atoms with Crippen LogP contribution >= 0.6 is 0 Å². The first kappa shape index (κ1) is 12.9. The van der Waals surface area contributed by atoms with Crippen LogP contribution in [0.25, 0.3) is 22.3 Å². The number of para-hydroxylation sites is 1. The van der Waals surface area contributed by atoms with Crippen molar-refractivity contribution in [3.8, 4) is 17.1 Å². The lowest BCUT2D eigenvalue weighted by Gasteiger charge is -2.06. The molecule has 1 heterocycles. The van der Waals surface area contributed by atoms with E-state index in [9.17, 15) is 14.7 Å². The molecule has 21 heavy (non-hydrogen) atoms. The van der Waals surface area contributed by atoms with E-state index in [4.69, 9.17) is 5.73 Å². The third-order valence-electron chi connectivity index (χ3n) is 3.15. The number of aromatic hydroxyl groups is 1. The fourth-order valence-corrected chi connectivity index (χ4v) is 2.10. The summed E-state index contributed by atoms with van der Waals surface area (Å²) >= 11 is 0. The zero-order valence-electron chi connectivity index (χ0n) is 10.8. The smallest absolute Gasteiger partial charge is 0.259 e. The Hall–Kier alpha value is -3.15. The van der Waals surface area contributed by atoms with Crippen LogP contribution < -0.4 is 11.3 Å². The molecule has 104 valence electrons. The number of primary amides is 1. The number of fused-ring (bicyclic) bond motifs is 1. The molecule has 0 unspecified atom stereocenters. The molecule has 0 fully saturated rings. The first-order chi connectivity index (χ1) is 10.1. The van der Waals surface area contributed by atoms with Gasteiger partial charge in [-0.1, -0.05) is 12.1 Å². The Labute approximate surface area is 118 Å². The Morgan fingerprint density at radius 3 is 2.71 bits per heavy atom. The zero-order valence-corrected chi connectivity index (χ0v) is 10.8. The molecule has 6 nitrogen and oxygen atoms in total. The second kappa shape index (κ2) is 4.75. The number of carbonyl (C=O) groups excluding carboxylic acids is 1. The van der Waals surface area contributed by atoms with E-state index in [-0.39, 0.29) is 16.9 Å². The van der Waals surface area contributed by atoms with Gasteiger partial charge in [0.15, 0.2) is 0 Å². The number of carbonyl (C=O) groups is 1. The van der Waals surface area contributed by atoms with Crippen molar-refractivity contribution in [2.75, 3.05) is 0 Å². The number of aromatic amines is 1. The van der Waals surface area contributed by atoms with E-state index >= 15 is 0 Å². The van der Waals surface area contributed by atoms with E-state index in [1.165, 1.54) is 12.1 Å². The van der Waals surface area contributed by atoms with Gasteiger partial charge in [0.25, 0.3) is 11.5 Å². The molecule has 0 aliphatic rings. The quantitative estimate of drug-likeness (QED) is 0.659. The van der Waals surface area contributed by atoms with Crippen LogP contribution in [0.2, 0.25) is 0 Å². The fourth-order valence-electron chi connectivity index (χ4n) is 2.10. The van der Waals surface area contributed by atoms with Gasteiger partial charge < -0.3 is 15.8 Å². The molecule has 1 aromatic heterocycles. The Bertz CT molecular complexity index is 915. The molecule has 0 atom stereocenters. The molecule has 6 heteroatoms. The van der Waals surface area contributed by atoms with Crippen molar-refractivity contribution in [1.82, 2.24) is 9.97 Å².